The molecule has 0 saturated heterocycles. The van der Waals surface area contributed by atoms with Gasteiger partial charge in [-0.3, -0.25) is 9.59 Å². The SMILES string of the molecule is CC(=O)C(NC(=O)COCC=Cc1ccccc1)C(C)C. The Morgan fingerprint density at radius 3 is 2.48 bits per heavy atom. The molecule has 1 aromatic carbocycles. The lowest BCUT2D eigenvalue weighted by molar-refractivity contribution is -0.130. The maximum Gasteiger partial charge on any atom is 0.246 e. The summed E-state index contributed by atoms with van der Waals surface area (Å²) < 4.78 is 5.27. The predicted octanol–water partition coefficient (Wildman–Crippen LogP) is 2.45. The third-order valence-corrected chi connectivity index (χ3v) is 2.98. The van der Waals surface area contributed by atoms with E-state index >= 15 is 0 Å². The zero-order valence-corrected chi connectivity index (χ0v) is 12.8. The Morgan fingerprint density at radius 1 is 1.24 bits per heavy atom. The summed E-state index contributed by atoms with van der Waals surface area (Å²) in [6.07, 6.45) is 3.79. The Balaban J connectivity index is 2.27. The van der Waals surface area contributed by atoms with Crippen molar-refractivity contribution in [1.82, 2.24) is 5.32 Å². The Kier molecular flexibility index (Phi) is 7.40. The zero-order chi connectivity index (χ0) is 15.7. The fraction of sp³-hybridized carbons (Fsp3) is 0.412. The van der Waals surface area contributed by atoms with Crippen LogP contribution in [0.5, 0.6) is 0 Å². The molecule has 21 heavy (non-hydrogen) atoms. The number of rotatable bonds is 8. The number of hydrogen-bond donors (Lipinski definition) is 1. The minimum atomic E-state index is -0.444. The maximum atomic E-state index is 11.7. The summed E-state index contributed by atoms with van der Waals surface area (Å²) in [6.45, 7) is 5.59. The molecule has 114 valence electrons. The monoisotopic (exact) mass is 289 g/mol. The Bertz CT molecular complexity index is 480. The fourth-order valence-corrected chi connectivity index (χ4v) is 1.92. The molecular formula is C17H23NO3. The summed E-state index contributed by atoms with van der Waals surface area (Å²) in [4.78, 5) is 23.1. The highest BCUT2D eigenvalue weighted by Crippen LogP contribution is 2.03. The highest BCUT2D eigenvalue weighted by Gasteiger charge is 2.20. The maximum absolute atomic E-state index is 11.7. The minimum absolute atomic E-state index is 0.0395. The van der Waals surface area contributed by atoms with Crippen LogP contribution in [0.1, 0.15) is 26.3 Å². The van der Waals surface area contributed by atoms with Crippen LogP contribution < -0.4 is 5.32 Å². The van der Waals surface area contributed by atoms with Crippen molar-refractivity contribution in [2.45, 2.75) is 26.8 Å². The van der Waals surface area contributed by atoms with E-state index in [1.165, 1.54) is 6.92 Å². The van der Waals surface area contributed by atoms with Crippen LogP contribution in [0.4, 0.5) is 0 Å². The summed E-state index contributed by atoms with van der Waals surface area (Å²) in [5, 5.41) is 2.69. The van der Waals surface area contributed by atoms with Crippen LogP contribution in [0.25, 0.3) is 6.08 Å². The van der Waals surface area contributed by atoms with Gasteiger partial charge in [-0.05, 0) is 18.4 Å². The molecule has 0 bridgehead atoms. The highest BCUT2D eigenvalue weighted by atomic mass is 16.5. The van der Waals surface area contributed by atoms with E-state index in [2.05, 4.69) is 5.32 Å². The van der Waals surface area contributed by atoms with Gasteiger partial charge in [0.1, 0.15) is 6.61 Å². The fourth-order valence-electron chi connectivity index (χ4n) is 1.92. The van der Waals surface area contributed by atoms with Crippen molar-refractivity contribution in [2.75, 3.05) is 13.2 Å². The molecule has 0 spiro atoms. The van der Waals surface area contributed by atoms with Crippen LogP contribution >= 0.6 is 0 Å². The van der Waals surface area contributed by atoms with Crippen molar-refractivity contribution in [3.63, 3.8) is 0 Å². The Morgan fingerprint density at radius 2 is 1.90 bits per heavy atom. The molecule has 1 aromatic rings. The molecule has 1 N–H and O–H groups in total. The molecule has 0 radical (unpaired) electrons. The van der Waals surface area contributed by atoms with Crippen LogP contribution in [0, 0.1) is 5.92 Å². The number of carbonyl (C=O) groups excluding carboxylic acids is 2. The first-order valence-corrected chi connectivity index (χ1v) is 7.10. The van der Waals surface area contributed by atoms with Gasteiger partial charge in [-0.15, -0.1) is 0 Å². The van der Waals surface area contributed by atoms with Gasteiger partial charge in [0.25, 0.3) is 0 Å². The number of nitrogens with one attached hydrogen (secondary N) is 1. The van der Waals surface area contributed by atoms with Gasteiger partial charge in [0.05, 0.1) is 12.6 Å². The van der Waals surface area contributed by atoms with Gasteiger partial charge in [0.2, 0.25) is 5.91 Å². The molecule has 1 unspecified atom stereocenters. The lowest BCUT2D eigenvalue weighted by atomic mass is 10.0. The average molecular weight is 289 g/mol. The molecule has 1 atom stereocenters. The van der Waals surface area contributed by atoms with E-state index in [-0.39, 0.29) is 24.2 Å². The van der Waals surface area contributed by atoms with Gasteiger partial charge in [-0.2, -0.15) is 0 Å². The number of carbonyl (C=O) groups is 2. The second kappa shape index (κ2) is 9.08. The minimum Gasteiger partial charge on any atom is -0.368 e. The standard InChI is InChI=1S/C17H23NO3/c1-13(2)17(14(3)19)18-16(20)12-21-11-7-10-15-8-5-4-6-9-15/h4-10,13,17H,11-12H2,1-3H3,(H,18,20). The van der Waals surface area contributed by atoms with Crippen LogP contribution in [0.15, 0.2) is 36.4 Å². The van der Waals surface area contributed by atoms with Crippen molar-refractivity contribution in [3.8, 4) is 0 Å². The summed E-state index contributed by atoms with van der Waals surface area (Å²) in [5.74, 6) is -0.233. The van der Waals surface area contributed by atoms with Crippen molar-refractivity contribution < 1.29 is 14.3 Å². The van der Waals surface area contributed by atoms with Crippen LogP contribution in [-0.2, 0) is 14.3 Å². The van der Waals surface area contributed by atoms with Gasteiger partial charge in [0.15, 0.2) is 5.78 Å². The summed E-state index contributed by atoms with van der Waals surface area (Å²) >= 11 is 0. The van der Waals surface area contributed by atoms with Gasteiger partial charge in [-0.25, -0.2) is 0 Å². The van der Waals surface area contributed by atoms with Crippen LogP contribution in [0.3, 0.4) is 0 Å². The molecule has 1 amide bonds. The van der Waals surface area contributed by atoms with Gasteiger partial charge in [0, 0.05) is 0 Å². The molecule has 4 nitrogen and oxygen atoms in total. The van der Waals surface area contributed by atoms with E-state index in [4.69, 9.17) is 4.74 Å². The van der Waals surface area contributed by atoms with E-state index < -0.39 is 6.04 Å². The van der Waals surface area contributed by atoms with Crippen LogP contribution in [-0.4, -0.2) is 30.9 Å². The number of ketones is 1. The van der Waals surface area contributed by atoms with Crippen molar-refractivity contribution in [2.24, 2.45) is 5.92 Å². The molecule has 1 rings (SSSR count). The Hall–Kier alpha value is -1.94. The first kappa shape index (κ1) is 17.1. The number of amides is 1. The first-order chi connectivity index (χ1) is 10.0. The highest BCUT2D eigenvalue weighted by molar-refractivity contribution is 5.88. The normalized spacial score (nSPS) is 12.6. The predicted molar refractivity (Wildman–Crippen MR) is 83.7 cm³/mol. The van der Waals surface area contributed by atoms with E-state index in [0.29, 0.717) is 6.61 Å². The summed E-state index contributed by atoms with van der Waals surface area (Å²) in [5.41, 5.74) is 1.09. The quantitative estimate of drug-likeness (QED) is 0.748. The topological polar surface area (TPSA) is 55.4 Å². The largest absolute Gasteiger partial charge is 0.368 e. The van der Waals surface area contributed by atoms with Gasteiger partial charge < -0.3 is 10.1 Å². The summed E-state index contributed by atoms with van der Waals surface area (Å²) in [6, 6.07) is 9.41. The first-order valence-electron chi connectivity index (χ1n) is 7.10. The molecule has 0 saturated carbocycles. The molecule has 4 heteroatoms. The lowest BCUT2D eigenvalue weighted by Crippen LogP contribution is -2.44. The smallest absolute Gasteiger partial charge is 0.246 e. The molecule has 0 aliphatic heterocycles. The average Bonchev–Trinajstić information content (AvgIpc) is 2.45. The van der Waals surface area contributed by atoms with E-state index in [1.54, 1.807) is 0 Å². The molecular weight excluding hydrogens is 266 g/mol. The second-order valence-electron chi connectivity index (χ2n) is 5.23. The van der Waals surface area contributed by atoms with E-state index in [0.717, 1.165) is 5.56 Å². The van der Waals surface area contributed by atoms with Crippen molar-refractivity contribution in [1.29, 1.82) is 0 Å². The second-order valence-corrected chi connectivity index (χ2v) is 5.23. The third-order valence-electron chi connectivity index (χ3n) is 2.98. The number of ether oxygens (including phenoxy) is 1. The molecule has 0 aliphatic rings. The lowest BCUT2D eigenvalue weighted by Gasteiger charge is -2.19. The molecule has 0 aliphatic carbocycles. The molecule has 0 heterocycles. The van der Waals surface area contributed by atoms with E-state index in [9.17, 15) is 9.59 Å². The summed E-state index contributed by atoms with van der Waals surface area (Å²) in [7, 11) is 0. The number of Topliss-reactive ketones (excluding diaryl/α,β-unsaturated/α-hetero) is 1. The Labute approximate surface area is 126 Å². The third kappa shape index (κ3) is 6.86. The van der Waals surface area contributed by atoms with Crippen LogP contribution in [0.2, 0.25) is 0 Å². The molecule has 0 aromatic heterocycles. The van der Waals surface area contributed by atoms with Crippen molar-refractivity contribution >= 4 is 17.8 Å². The van der Waals surface area contributed by atoms with Gasteiger partial charge >= 0.3 is 0 Å². The molecule has 0 fully saturated rings. The van der Waals surface area contributed by atoms with Gasteiger partial charge in [-0.1, -0.05) is 56.3 Å². The number of hydrogen-bond acceptors (Lipinski definition) is 3. The van der Waals surface area contributed by atoms with Crippen molar-refractivity contribution in [3.05, 3.63) is 42.0 Å². The number of benzene rings is 1. The zero-order valence-electron chi connectivity index (χ0n) is 12.8. The van der Waals surface area contributed by atoms with E-state index in [1.807, 2.05) is 56.3 Å².